The van der Waals surface area contributed by atoms with E-state index in [1.54, 1.807) is 0 Å². The van der Waals surface area contributed by atoms with Gasteiger partial charge in [0.1, 0.15) is 13.2 Å². The highest BCUT2D eigenvalue weighted by Gasteiger charge is 2.19. The first kappa shape index (κ1) is 63.1. The first-order valence-electron chi connectivity index (χ1n) is 27.4. The monoisotopic (exact) mass is 929 g/mol. The van der Waals surface area contributed by atoms with E-state index in [0.717, 1.165) is 116 Å². The van der Waals surface area contributed by atoms with E-state index in [0.29, 0.717) is 19.3 Å². The molecule has 0 saturated carbocycles. The zero-order chi connectivity index (χ0) is 48.6. The zero-order valence-electron chi connectivity index (χ0n) is 43.4. The number of allylic oxidation sites excluding steroid dienone is 18. The summed E-state index contributed by atoms with van der Waals surface area (Å²) >= 11 is 0. The van der Waals surface area contributed by atoms with Crippen molar-refractivity contribution in [1.29, 1.82) is 0 Å². The molecule has 380 valence electrons. The smallest absolute Gasteiger partial charge is 0.306 e. The molecule has 0 aromatic rings. The van der Waals surface area contributed by atoms with Gasteiger partial charge in [0.25, 0.3) is 0 Å². The number of carbonyl (C=O) groups is 3. The van der Waals surface area contributed by atoms with Gasteiger partial charge in [0.15, 0.2) is 6.10 Å². The van der Waals surface area contributed by atoms with Crippen molar-refractivity contribution >= 4 is 17.9 Å². The molecule has 0 rings (SSSR count). The quantitative estimate of drug-likeness (QED) is 0.0262. The van der Waals surface area contributed by atoms with E-state index in [-0.39, 0.29) is 37.5 Å². The van der Waals surface area contributed by atoms with Gasteiger partial charge in [0.2, 0.25) is 0 Å². The van der Waals surface area contributed by atoms with Gasteiger partial charge in [-0.1, -0.05) is 201 Å². The lowest BCUT2D eigenvalue weighted by Crippen LogP contribution is -2.30. The lowest BCUT2D eigenvalue weighted by Gasteiger charge is -2.18. The molecule has 0 spiro atoms. The van der Waals surface area contributed by atoms with Gasteiger partial charge < -0.3 is 14.2 Å². The number of ether oxygens (including phenoxy) is 3. The van der Waals surface area contributed by atoms with Gasteiger partial charge >= 0.3 is 17.9 Å². The van der Waals surface area contributed by atoms with E-state index >= 15 is 0 Å². The molecule has 0 fully saturated rings. The summed E-state index contributed by atoms with van der Waals surface area (Å²) in [7, 11) is 0. The maximum absolute atomic E-state index is 12.8. The summed E-state index contributed by atoms with van der Waals surface area (Å²) in [6.45, 7) is 6.41. The summed E-state index contributed by atoms with van der Waals surface area (Å²) in [6.07, 6.45) is 73.6. The highest BCUT2D eigenvalue weighted by atomic mass is 16.6. The first-order valence-corrected chi connectivity index (χ1v) is 27.4. The van der Waals surface area contributed by atoms with Crippen molar-refractivity contribution in [2.24, 2.45) is 0 Å². The predicted molar refractivity (Wildman–Crippen MR) is 288 cm³/mol. The predicted octanol–water partition coefficient (Wildman–Crippen LogP) is 18.3. The van der Waals surface area contributed by atoms with Crippen LogP contribution in [0.1, 0.15) is 239 Å². The van der Waals surface area contributed by atoms with E-state index < -0.39 is 6.10 Å². The van der Waals surface area contributed by atoms with Crippen LogP contribution in [0.5, 0.6) is 0 Å². The molecule has 0 heterocycles. The molecule has 0 N–H and O–H groups in total. The SMILES string of the molecule is CC/C=C\C/C=C\C/C=C\C/C=C\CCCCC(=O)O[C@H](COC(=O)CCCCC/C=C\C/C=C\C/C=C\C/C=C\CCCCC)COC(=O)CCCCCCC/C=C\CCCCCCCC. The van der Waals surface area contributed by atoms with Gasteiger partial charge in [-0.25, -0.2) is 0 Å². The minimum absolute atomic E-state index is 0.111. The van der Waals surface area contributed by atoms with Crippen LogP contribution < -0.4 is 0 Å². The molecule has 0 aromatic heterocycles. The molecule has 0 saturated heterocycles. The van der Waals surface area contributed by atoms with Gasteiger partial charge in [0, 0.05) is 19.3 Å². The third-order valence-corrected chi connectivity index (χ3v) is 11.2. The molecule has 0 radical (unpaired) electrons. The summed E-state index contributed by atoms with van der Waals surface area (Å²) in [4.78, 5) is 38.1. The molecule has 0 bridgehead atoms. The van der Waals surface area contributed by atoms with Gasteiger partial charge in [-0.05, 0) is 128 Å². The Hall–Kier alpha value is -3.93. The van der Waals surface area contributed by atoms with E-state index in [1.165, 1.54) is 77.0 Å². The molecule has 0 amide bonds. The van der Waals surface area contributed by atoms with E-state index in [4.69, 9.17) is 14.2 Å². The number of hydrogen-bond acceptors (Lipinski definition) is 6. The van der Waals surface area contributed by atoms with Crippen molar-refractivity contribution < 1.29 is 28.6 Å². The molecule has 67 heavy (non-hydrogen) atoms. The van der Waals surface area contributed by atoms with Crippen LogP contribution in [0.25, 0.3) is 0 Å². The maximum Gasteiger partial charge on any atom is 0.306 e. The molecular formula is C61H100O6. The Kier molecular flexibility index (Phi) is 51.5. The van der Waals surface area contributed by atoms with Crippen LogP contribution in [0, 0.1) is 0 Å². The molecule has 0 unspecified atom stereocenters. The van der Waals surface area contributed by atoms with Crippen LogP contribution in [0.2, 0.25) is 0 Å². The largest absolute Gasteiger partial charge is 0.462 e. The number of hydrogen-bond donors (Lipinski definition) is 0. The van der Waals surface area contributed by atoms with Crippen molar-refractivity contribution in [1.82, 2.24) is 0 Å². The molecule has 6 nitrogen and oxygen atoms in total. The van der Waals surface area contributed by atoms with Crippen molar-refractivity contribution in [2.75, 3.05) is 13.2 Å². The van der Waals surface area contributed by atoms with Crippen molar-refractivity contribution in [2.45, 2.75) is 245 Å². The fourth-order valence-corrected chi connectivity index (χ4v) is 7.12. The minimum atomic E-state index is -0.818. The van der Waals surface area contributed by atoms with Gasteiger partial charge in [-0.3, -0.25) is 14.4 Å². The summed E-state index contributed by atoms with van der Waals surface area (Å²) in [5.74, 6) is -0.996. The summed E-state index contributed by atoms with van der Waals surface area (Å²) in [5.41, 5.74) is 0. The number of esters is 3. The topological polar surface area (TPSA) is 78.9 Å². The van der Waals surface area contributed by atoms with Crippen LogP contribution in [-0.4, -0.2) is 37.2 Å². The lowest BCUT2D eigenvalue weighted by molar-refractivity contribution is -0.167. The number of rotatable bonds is 48. The molecule has 6 heteroatoms. The lowest BCUT2D eigenvalue weighted by atomic mass is 10.1. The highest BCUT2D eigenvalue weighted by molar-refractivity contribution is 5.71. The zero-order valence-corrected chi connectivity index (χ0v) is 43.4. The fraction of sp³-hybridized carbons (Fsp3) is 0.656. The van der Waals surface area contributed by atoms with Crippen LogP contribution in [-0.2, 0) is 28.6 Å². The fourth-order valence-electron chi connectivity index (χ4n) is 7.12. The Bertz CT molecular complexity index is 1390. The van der Waals surface area contributed by atoms with Crippen LogP contribution in [0.4, 0.5) is 0 Å². The van der Waals surface area contributed by atoms with Crippen LogP contribution >= 0.6 is 0 Å². The Morgan fingerprint density at radius 3 is 1.00 bits per heavy atom. The Morgan fingerprint density at radius 1 is 0.313 bits per heavy atom. The Labute approximate surface area is 412 Å². The van der Waals surface area contributed by atoms with E-state index in [9.17, 15) is 14.4 Å². The van der Waals surface area contributed by atoms with E-state index in [1.807, 2.05) is 0 Å². The summed E-state index contributed by atoms with van der Waals surface area (Å²) < 4.78 is 16.8. The van der Waals surface area contributed by atoms with Gasteiger partial charge in [-0.2, -0.15) is 0 Å². The summed E-state index contributed by atoms with van der Waals surface area (Å²) in [6, 6.07) is 0. The molecule has 0 aliphatic carbocycles. The third kappa shape index (κ3) is 52.9. The number of unbranched alkanes of at least 4 members (excludes halogenated alkanes) is 19. The minimum Gasteiger partial charge on any atom is -0.462 e. The molecular weight excluding hydrogens is 829 g/mol. The average Bonchev–Trinajstić information content (AvgIpc) is 3.33. The summed E-state index contributed by atoms with van der Waals surface area (Å²) in [5, 5.41) is 0. The second kappa shape index (κ2) is 54.7. The van der Waals surface area contributed by atoms with Crippen LogP contribution in [0.3, 0.4) is 0 Å². The molecule has 0 aliphatic rings. The second-order valence-corrected chi connectivity index (χ2v) is 17.7. The van der Waals surface area contributed by atoms with E-state index in [2.05, 4.69) is 130 Å². The molecule has 0 aliphatic heterocycles. The van der Waals surface area contributed by atoms with Gasteiger partial charge in [-0.15, -0.1) is 0 Å². The Morgan fingerprint density at radius 2 is 0.582 bits per heavy atom. The Balaban J connectivity index is 4.53. The molecule has 0 aromatic carbocycles. The maximum atomic E-state index is 12.8. The van der Waals surface area contributed by atoms with Crippen molar-refractivity contribution in [3.63, 3.8) is 0 Å². The standard InChI is InChI=1S/C61H100O6/c1-4-7-10-13-16-19-22-25-28-29-30-31-34-36-39-42-45-48-51-54-60(63)66-57-58(67-61(64)55-52-49-46-43-40-37-33-27-24-21-18-15-12-9-6-3)56-65-59(62)53-50-47-44-41-38-35-32-26-23-20-17-14-11-8-5-2/h9,12,16,18-19,21,25-28,30-33,36,39-40,43,58H,4-8,10-11,13-15,17,20,22-24,29,34-35,37-38,41-42,44-57H2,1-3H3/b12-9-,19-16-,21-18-,28-25-,31-30-,32-26-,33-27-,39-36-,43-40-/t58-/m0/s1. The van der Waals surface area contributed by atoms with Crippen molar-refractivity contribution in [3.8, 4) is 0 Å². The van der Waals surface area contributed by atoms with Crippen LogP contribution in [0.15, 0.2) is 109 Å². The number of carbonyl (C=O) groups excluding carboxylic acids is 3. The normalized spacial score (nSPS) is 12.9. The first-order chi connectivity index (χ1) is 33.0. The van der Waals surface area contributed by atoms with Crippen molar-refractivity contribution in [3.05, 3.63) is 109 Å². The second-order valence-electron chi connectivity index (χ2n) is 17.7. The average molecular weight is 929 g/mol. The third-order valence-electron chi connectivity index (χ3n) is 11.2. The molecule has 1 atom stereocenters. The highest BCUT2D eigenvalue weighted by Crippen LogP contribution is 2.13. The van der Waals surface area contributed by atoms with Gasteiger partial charge in [0.05, 0.1) is 0 Å².